The standard InChI is InChI=1S/C14H18N2O2S/c1-3-16(4-2)14(18)10-5-6-12-11(9-10)15-13(17)7-8-19-12/h5-6,9H,3-4,7-8H2,1-2H3,(H,15,17). The third-order valence-electron chi connectivity index (χ3n) is 3.14. The van der Waals surface area contributed by atoms with E-state index in [1.54, 1.807) is 22.7 Å². The molecule has 0 radical (unpaired) electrons. The first-order valence-corrected chi connectivity index (χ1v) is 7.50. The summed E-state index contributed by atoms with van der Waals surface area (Å²) in [5, 5.41) is 2.86. The molecule has 4 nitrogen and oxygen atoms in total. The van der Waals surface area contributed by atoms with Gasteiger partial charge in [0.1, 0.15) is 0 Å². The largest absolute Gasteiger partial charge is 0.339 e. The van der Waals surface area contributed by atoms with Crippen LogP contribution in [0.25, 0.3) is 0 Å². The van der Waals surface area contributed by atoms with Gasteiger partial charge >= 0.3 is 0 Å². The second kappa shape index (κ2) is 6.10. The van der Waals surface area contributed by atoms with Crippen LogP contribution in [0.5, 0.6) is 0 Å². The number of amides is 2. The molecule has 1 heterocycles. The highest BCUT2D eigenvalue weighted by Gasteiger charge is 2.17. The Hall–Kier alpha value is -1.49. The van der Waals surface area contributed by atoms with Crippen LogP contribution in [0.15, 0.2) is 23.1 Å². The van der Waals surface area contributed by atoms with Gasteiger partial charge in [-0.2, -0.15) is 0 Å². The highest BCUT2D eigenvalue weighted by molar-refractivity contribution is 7.99. The van der Waals surface area contributed by atoms with E-state index < -0.39 is 0 Å². The Bertz CT molecular complexity index is 498. The van der Waals surface area contributed by atoms with Gasteiger partial charge in [0, 0.05) is 35.7 Å². The molecule has 2 rings (SSSR count). The fraction of sp³-hybridized carbons (Fsp3) is 0.429. The van der Waals surface area contributed by atoms with E-state index in [1.807, 2.05) is 26.0 Å². The van der Waals surface area contributed by atoms with Gasteiger partial charge in [0.25, 0.3) is 5.91 Å². The molecule has 0 saturated carbocycles. The fourth-order valence-corrected chi connectivity index (χ4v) is 2.98. The summed E-state index contributed by atoms with van der Waals surface area (Å²) in [5.74, 6) is 0.803. The zero-order valence-electron chi connectivity index (χ0n) is 11.2. The van der Waals surface area contributed by atoms with E-state index in [9.17, 15) is 9.59 Å². The fourth-order valence-electron chi connectivity index (χ4n) is 2.05. The minimum atomic E-state index is 0.0105. The van der Waals surface area contributed by atoms with E-state index in [1.165, 1.54) is 0 Å². The topological polar surface area (TPSA) is 49.4 Å². The first kappa shape index (κ1) is 13.9. The molecule has 2 amide bonds. The molecule has 19 heavy (non-hydrogen) atoms. The van der Waals surface area contributed by atoms with Crippen LogP contribution >= 0.6 is 11.8 Å². The van der Waals surface area contributed by atoms with Crippen molar-refractivity contribution in [2.24, 2.45) is 0 Å². The Labute approximate surface area is 117 Å². The third kappa shape index (κ3) is 3.10. The maximum Gasteiger partial charge on any atom is 0.253 e. The van der Waals surface area contributed by atoms with Gasteiger partial charge in [-0.05, 0) is 32.0 Å². The number of carbonyl (C=O) groups is 2. The van der Waals surface area contributed by atoms with Crippen LogP contribution in [-0.4, -0.2) is 35.6 Å². The van der Waals surface area contributed by atoms with Crippen molar-refractivity contribution in [3.8, 4) is 0 Å². The van der Waals surface area contributed by atoms with Crippen LogP contribution in [0.4, 0.5) is 5.69 Å². The van der Waals surface area contributed by atoms with Crippen molar-refractivity contribution in [1.82, 2.24) is 4.90 Å². The van der Waals surface area contributed by atoms with E-state index >= 15 is 0 Å². The Morgan fingerprint density at radius 2 is 2.11 bits per heavy atom. The Balaban J connectivity index is 2.29. The molecule has 0 unspecified atom stereocenters. The van der Waals surface area contributed by atoms with Gasteiger partial charge in [0.15, 0.2) is 0 Å². The third-order valence-corrected chi connectivity index (χ3v) is 4.21. The van der Waals surface area contributed by atoms with E-state index in [4.69, 9.17) is 0 Å². The normalized spacial score (nSPS) is 14.3. The van der Waals surface area contributed by atoms with Gasteiger partial charge in [0.2, 0.25) is 5.91 Å². The summed E-state index contributed by atoms with van der Waals surface area (Å²) < 4.78 is 0. The van der Waals surface area contributed by atoms with Crippen LogP contribution in [0.1, 0.15) is 30.6 Å². The van der Waals surface area contributed by atoms with Crippen molar-refractivity contribution in [2.45, 2.75) is 25.2 Å². The number of rotatable bonds is 3. The summed E-state index contributed by atoms with van der Waals surface area (Å²) in [6.45, 7) is 5.30. The van der Waals surface area contributed by atoms with E-state index in [-0.39, 0.29) is 11.8 Å². The minimum Gasteiger partial charge on any atom is -0.339 e. The average molecular weight is 278 g/mol. The molecule has 0 bridgehead atoms. The highest BCUT2D eigenvalue weighted by Crippen LogP contribution is 2.31. The number of carbonyl (C=O) groups excluding carboxylic acids is 2. The van der Waals surface area contributed by atoms with Crippen LogP contribution in [0.2, 0.25) is 0 Å². The van der Waals surface area contributed by atoms with Gasteiger partial charge in [-0.25, -0.2) is 0 Å². The summed E-state index contributed by atoms with van der Waals surface area (Å²) in [6, 6.07) is 5.54. The van der Waals surface area contributed by atoms with Gasteiger partial charge in [-0.15, -0.1) is 11.8 Å². The van der Waals surface area contributed by atoms with Gasteiger partial charge in [0.05, 0.1) is 5.69 Å². The SMILES string of the molecule is CCN(CC)C(=O)c1ccc2c(c1)NC(=O)CCS2. The average Bonchev–Trinajstić information content (AvgIpc) is 2.59. The predicted octanol–water partition coefficient (Wildman–Crippen LogP) is 2.60. The molecule has 0 aliphatic carbocycles. The van der Waals surface area contributed by atoms with Crippen molar-refractivity contribution in [3.05, 3.63) is 23.8 Å². The first-order chi connectivity index (χ1) is 9.15. The minimum absolute atomic E-state index is 0.0105. The Morgan fingerprint density at radius 1 is 1.37 bits per heavy atom. The molecule has 0 spiro atoms. The molecule has 102 valence electrons. The van der Waals surface area contributed by atoms with Crippen molar-refractivity contribution >= 4 is 29.3 Å². The summed E-state index contributed by atoms with van der Waals surface area (Å²) in [5.41, 5.74) is 1.38. The van der Waals surface area contributed by atoms with E-state index in [2.05, 4.69) is 5.32 Å². The van der Waals surface area contributed by atoms with Crippen LogP contribution in [0, 0.1) is 0 Å². The first-order valence-electron chi connectivity index (χ1n) is 6.51. The second-order valence-electron chi connectivity index (χ2n) is 4.34. The van der Waals surface area contributed by atoms with Gasteiger partial charge in [-0.3, -0.25) is 9.59 Å². The molecular formula is C14H18N2O2S. The maximum atomic E-state index is 12.3. The zero-order valence-corrected chi connectivity index (χ0v) is 12.0. The highest BCUT2D eigenvalue weighted by atomic mass is 32.2. The summed E-state index contributed by atoms with van der Waals surface area (Å²) >= 11 is 1.65. The van der Waals surface area contributed by atoms with Gasteiger partial charge in [-0.1, -0.05) is 0 Å². The monoisotopic (exact) mass is 278 g/mol. The quantitative estimate of drug-likeness (QED) is 0.924. The molecule has 0 saturated heterocycles. The number of nitrogens with zero attached hydrogens (tertiary/aromatic N) is 1. The molecule has 1 aromatic rings. The van der Waals surface area contributed by atoms with Crippen molar-refractivity contribution < 1.29 is 9.59 Å². The number of nitrogens with one attached hydrogen (secondary N) is 1. The molecule has 0 aromatic heterocycles. The molecule has 5 heteroatoms. The number of hydrogen-bond acceptors (Lipinski definition) is 3. The molecule has 0 fully saturated rings. The van der Waals surface area contributed by atoms with Crippen LogP contribution in [-0.2, 0) is 4.79 Å². The zero-order chi connectivity index (χ0) is 13.8. The summed E-state index contributed by atoms with van der Waals surface area (Å²) in [6.07, 6.45) is 0.513. The van der Waals surface area contributed by atoms with Crippen molar-refractivity contribution in [2.75, 3.05) is 24.2 Å². The van der Waals surface area contributed by atoms with Crippen molar-refractivity contribution in [1.29, 1.82) is 0 Å². The number of fused-ring (bicyclic) bond motifs is 1. The lowest BCUT2D eigenvalue weighted by molar-refractivity contribution is -0.115. The Kier molecular flexibility index (Phi) is 4.47. The van der Waals surface area contributed by atoms with E-state index in [0.29, 0.717) is 25.1 Å². The number of hydrogen-bond donors (Lipinski definition) is 1. The second-order valence-corrected chi connectivity index (χ2v) is 5.47. The van der Waals surface area contributed by atoms with Crippen molar-refractivity contribution in [3.63, 3.8) is 0 Å². The number of anilines is 1. The molecule has 0 atom stereocenters. The summed E-state index contributed by atoms with van der Waals surface area (Å²) in [7, 11) is 0. The summed E-state index contributed by atoms with van der Waals surface area (Å²) in [4.78, 5) is 26.6. The Morgan fingerprint density at radius 3 is 2.79 bits per heavy atom. The molecular weight excluding hydrogens is 260 g/mol. The molecule has 1 aromatic carbocycles. The van der Waals surface area contributed by atoms with E-state index in [0.717, 1.165) is 16.3 Å². The number of thioether (sulfide) groups is 1. The van der Waals surface area contributed by atoms with Gasteiger partial charge < -0.3 is 10.2 Å². The van der Waals surface area contributed by atoms with Crippen LogP contribution in [0.3, 0.4) is 0 Å². The molecule has 1 N–H and O–H groups in total. The maximum absolute atomic E-state index is 12.3. The molecule has 1 aliphatic heterocycles. The lowest BCUT2D eigenvalue weighted by Crippen LogP contribution is -2.30. The van der Waals surface area contributed by atoms with Crippen LogP contribution < -0.4 is 5.32 Å². The lowest BCUT2D eigenvalue weighted by atomic mass is 10.1. The predicted molar refractivity (Wildman–Crippen MR) is 77.7 cm³/mol. The lowest BCUT2D eigenvalue weighted by Gasteiger charge is -2.19. The molecule has 1 aliphatic rings. The smallest absolute Gasteiger partial charge is 0.253 e. The number of benzene rings is 1.